The Bertz CT molecular complexity index is 1170. The molecule has 0 spiro atoms. The summed E-state index contributed by atoms with van der Waals surface area (Å²) in [6, 6.07) is 11.4. The zero-order chi connectivity index (χ0) is 24.6. The van der Waals surface area contributed by atoms with Gasteiger partial charge >= 0.3 is 0 Å². The predicted molar refractivity (Wildman–Crippen MR) is 126 cm³/mol. The van der Waals surface area contributed by atoms with Crippen molar-refractivity contribution in [1.82, 2.24) is 10.0 Å². The van der Waals surface area contributed by atoms with E-state index in [1.54, 1.807) is 36.4 Å². The molecule has 1 heterocycles. The van der Waals surface area contributed by atoms with Gasteiger partial charge in [-0.15, -0.1) is 0 Å². The highest BCUT2D eigenvalue weighted by molar-refractivity contribution is 6.30. The Morgan fingerprint density at radius 3 is 2.21 bits per heavy atom. The van der Waals surface area contributed by atoms with Gasteiger partial charge in [-0.3, -0.25) is 19.2 Å². The number of rotatable bonds is 6. The molecule has 3 amide bonds. The van der Waals surface area contributed by atoms with Crippen molar-refractivity contribution in [2.24, 2.45) is 11.8 Å². The van der Waals surface area contributed by atoms with Gasteiger partial charge in [0, 0.05) is 16.1 Å². The fourth-order valence-corrected chi connectivity index (χ4v) is 4.63. The number of hydrogen-bond donors (Lipinski definition) is 0. The van der Waals surface area contributed by atoms with Crippen LogP contribution in [0.1, 0.15) is 47.4 Å². The number of carbonyl (C=O) groups excluding carboxylic acids is 4. The number of imide groups is 1. The zero-order valence-corrected chi connectivity index (χ0v) is 19.9. The number of amides is 3. The van der Waals surface area contributed by atoms with E-state index in [-0.39, 0.29) is 5.56 Å². The van der Waals surface area contributed by atoms with E-state index in [1.165, 1.54) is 26.2 Å². The quantitative estimate of drug-likeness (QED) is 0.349. The lowest BCUT2D eigenvalue weighted by Crippen LogP contribution is -2.56. The smallest absolute Gasteiger partial charge is 0.273 e. The number of benzene rings is 2. The van der Waals surface area contributed by atoms with Crippen LogP contribution in [0, 0.1) is 11.8 Å². The molecule has 176 valence electrons. The van der Waals surface area contributed by atoms with Crippen LogP contribution in [-0.2, 0) is 9.59 Å². The number of nitrogens with zero attached hydrogens (tertiary/aromatic N) is 2. The third-order valence-electron chi connectivity index (χ3n) is 6.44. The molecule has 0 aromatic heterocycles. The number of methoxy groups -OCH3 is 1. The molecule has 1 aliphatic carbocycles. The number of carbonyl (C=O) groups is 4. The third kappa shape index (κ3) is 4.23. The summed E-state index contributed by atoms with van der Waals surface area (Å²) in [7, 11) is 1.52. The van der Waals surface area contributed by atoms with Gasteiger partial charge in [-0.25, -0.2) is 5.01 Å². The standard InChI is InChI=1S/C26H25ClN2O5/c1-15-4-13-21-22(14-15)26(33)29(25(21)32)28(24(31)18-5-9-19(27)10-6-18)16(2)23(30)17-7-11-20(34-3)12-8-17/h4-12,16,21-22H,13-14H2,1-3H3/t16-,21-,22+/m0/s1. The lowest BCUT2D eigenvalue weighted by atomic mass is 9.82. The lowest BCUT2D eigenvalue weighted by molar-refractivity contribution is -0.156. The molecular weight excluding hydrogens is 456 g/mol. The van der Waals surface area contributed by atoms with Gasteiger partial charge in [0.25, 0.3) is 17.7 Å². The fourth-order valence-electron chi connectivity index (χ4n) is 4.50. The SMILES string of the molecule is COc1ccc(C(=O)[C@H](C)N(C(=O)c2ccc(Cl)cc2)N2C(=O)[C@H]3CC=C(C)C[C@H]3C2=O)cc1. The Hall–Kier alpha value is -3.45. The van der Waals surface area contributed by atoms with Gasteiger partial charge in [0.1, 0.15) is 11.8 Å². The highest BCUT2D eigenvalue weighted by atomic mass is 35.5. The summed E-state index contributed by atoms with van der Waals surface area (Å²) in [5.74, 6) is -2.46. The second-order valence-corrected chi connectivity index (χ2v) is 9.05. The first-order chi connectivity index (χ1) is 16.2. The van der Waals surface area contributed by atoms with E-state index in [0.717, 1.165) is 15.6 Å². The van der Waals surface area contributed by atoms with Crippen LogP contribution in [0.2, 0.25) is 5.02 Å². The van der Waals surface area contributed by atoms with Crippen LogP contribution in [0.25, 0.3) is 0 Å². The first-order valence-electron chi connectivity index (χ1n) is 11.0. The molecule has 1 aliphatic heterocycles. The minimum atomic E-state index is -1.11. The van der Waals surface area contributed by atoms with Crippen molar-refractivity contribution in [3.8, 4) is 5.75 Å². The zero-order valence-electron chi connectivity index (χ0n) is 19.2. The summed E-state index contributed by atoms with van der Waals surface area (Å²) in [5.41, 5.74) is 1.57. The number of hydrazine groups is 1. The Morgan fingerprint density at radius 2 is 1.59 bits per heavy atom. The maximum Gasteiger partial charge on any atom is 0.273 e. The molecule has 0 radical (unpaired) electrons. The summed E-state index contributed by atoms with van der Waals surface area (Å²) >= 11 is 5.97. The van der Waals surface area contributed by atoms with Crippen molar-refractivity contribution >= 4 is 35.1 Å². The maximum absolute atomic E-state index is 13.6. The Morgan fingerprint density at radius 1 is 1.00 bits per heavy atom. The molecule has 8 heteroatoms. The summed E-state index contributed by atoms with van der Waals surface area (Å²) in [6.07, 6.45) is 2.84. The Balaban J connectivity index is 1.73. The van der Waals surface area contributed by atoms with Crippen molar-refractivity contribution in [2.75, 3.05) is 7.11 Å². The second kappa shape index (κ2) is 9.43. The van der Waals surface area contributed by atoms with Crippen LogP contribution in [0.5, 0.6) is 5.75 Å². The topological polar surface area (TPSA) is 84.0 Å². The Labute approximate surface area is 202 Å². The van der Waals surface area contributed by atoms with E-state index < -0.39 is 41.4 Å². The highest BCUT2D eigenvalue weighted by Gasteiger charge is 2.53. The van der Waals surface area contributed by atoms with Gasteiger partial charge < -0.3 is 4.74 Å². The van der Waals surface area contributed by atoms with Crippen molar-refractivity contribution in [3.05, 3.63) is 76.3 Å². The Kier molecular flexibility index (Phi) is 6.57. The molecule has 1 fully saturated rings. The normalized spacial score (nSPS) is 20.5. The first kappa shape index (κ1) is 23.7. The molecule has 4 rings (SSSR count). The number of fused-ring (bicyclic) bond motifs is 1. The van der Waals surface area contributed by atoms with Crippen molar-refractivity contribution in [1.29, 1.82) is 0 Å². The summed E-state index contributed by atoms with van der Waals surface area (Å²) < 4.78 is 5.15. The summed E-state index contributed by atoms with van der Waals surface area (Å²) in [6.45, 7) is 3.44. The highest BCUT2D eigenvalue weighted by Crippen LogP contribution is 2.39. The minimum absolute atomic E-state index is 0.212. The molecule has 2 aromatic carbocycles. The van der Waals surface area contributed by atoms with Crippen LogP contribution < -0.4 is 4.74 Å². The maximum atomic E-state index is 13.6. The average Bonchev–Trinajstić information content (AvgIpc) is 3.08. The predicted octanol–water partition coefficient (Wildman–Crippen LogP) is 4.32. The van der Waals surface area contributed by atoms with Gasteiger partial charge in [-0.1, -0.05) is 23.3 Å². The van der Waals surface area contributed by atoms with Crippen LogP contribution in [-0.4, -0.2) is 46.7 Å². The monoisotopic (exact) mass is 480 g/mol. The van der Waals surface area contributed by atoms with E-state index in [0.29, 0.717) is 29.2 Å². The largest absolute Gasteiger partial charge is 0.497 e. The van der Waals surface area contributed by atoms with Gasteiger partial charge in [0.05, 0.1) is 18.9 Å². The van der Waals surface area contributed by atoms with Crippen LogP contribution in [0.15, 0.2) is 60.2 Å². The van der Waals surface area contributed by atoms with Crippen LogP contribution >= 0.6 is 11.6 Å². The van der Waals surface area contributed by atoms with E-state index in [9.17, 15) is 19.2 Å². The second-order valence-electron chi connectivity index (χ2n) is 8.62. The van der Waals surface area contributed by atoms with E-state index >= 15 is 0 Å². The molecule has 1 saturated heterocycles. The number of allylic oxidation sites excluding steroid dienone is 2. The van der Waals surface area contributed by atoms with Gasteiger partial charge in [0.15, 0.2) is 5.78 Å². The van der Waals surface area contributed by atoms with Crippen LogP contribution in [0.4, 0.5) is 0 Å². The molecule has 0 bridgehead atoms. The lowest BCUT2D eigenvalue weighted by Gasteiger charge is -2.34. The number of ether oxygens (including phenoxy) is 1. The first-order valence-corrected chi connectivity index (χ1v) is 11.4. The third-order valence-corrected chi connectivity index (χ3v) is 6.69. The number of ketones is 1. The van der Waals surface area contributed by atoms with Crippen molar-refractivity contribution in [2.45, 2.75) is 32.7 Å². The van der Waals surface area contributed by atoms with Gasteiger partial charge in [-0.2, -0.15) is 5.01 Å². The van der Waals surface area contributed by atoms with E-state index in [2.05, 4.69) is 0 Å². The summed E-state index contributed by atoms with van der Waals surface area (Å²) in [5, 5.41) is 2.34. The number of halogens is 1. The molecule has 2 aromatic rings. The molecule has 34 heavy (non-hydrogen) atoms. The van der Waals surface area contributed by atoms with Gasteiger partial charge in [0.2, 0.25) is 0 Å². The van der Waals surface area contributed by atoms with E-state index in [1.807, 2.05) is 13.0 Å². The number of Topliss-reactive ketones (excluding diaryl/α,β-unsaturated/α-hetero) is 1. The summed E-state index contributed by atoms with van der Waals surface area (Å²) in [4.78, 5) is 53.8. The van der Waals surface area contributed by atoms with Crippen molar-refractivity contribution < 1.29 is 23.9 Å². The van der Waals surface area contributed by atoms with Gasteiger partial charge in [-0.05, 0) is 75.2 Å². The molecule has 0 N–H and O–H groups in total. The molecule has 0 unspecified atom stereocenters. The number of hydrogen-bond acceptors (Lipinski definition) is 5. The fraction of sp³-hybridized carbons (Fsp3) is 0.308. The van der Waals surface area contributed by atoms with Crippen molar-refractivity contribution in [3.63, 3.8) is 0 Å². The average molecular weight is 481 g/mol. The molecule has 3 atom stereocenters. The molecular formula is C26H25ClN2O5. The van der Waals surface area contributed by atoms with Crippen LogP contribution in [0.3, 0.4) is 0 Å². The minimum Gasteiger partial charge on any atom is -0.497 e. The molecule has 2 aliphatic rings. The molecule has 0 saturated carbocycles. The molecule has 7 nitrogen and oxygen atoms in total. The van der Waals surface area contributed by atoms with E-state index in [4.69, 9.17) is 16.3 Å².